The summed E-state index contributed by atoms with van der Waals surface area (Å²) in [6.45, 7) is 1.87. The van der Waals surface area contributed by atoms with Gasteiger partial charge in [0.05, 0.1) is 19.9 Å². The van der Waals surface area contributed by atoms with Gasteiger partial charge in [0.1, 0.15) is 5.56 Å². The molecule has 0 unspecified atom stereocenters. The number of aromatic amines is 1. The summed E-state index contributed by atoms with van der Waals surface area (Å²) in [4.78, 5) is 28.3. The molecule has 0 aliphatic heterocycles. The highest BCUT2D eigenvalue weighted by molar-refractivity contribution is 5.88. The molecule has 0 saturated carbocycles. The normalized spacial score (nSPS) is 9.57. The van der Waals surface area contributed by atoms with Crippen LogP contribution in [0.5, 0.6) is 6.01 Å². The maximum atomic E-state index is 11.2. The smallest absolute Gasteiger partial charge is 0.345 e. The minimum Gasteiger partial charge on any atom is -0.468 e. The van der Waals surface area contributed by atoms with Crippen LogP contribution in [0.2, 0.25) is 0 Å². The van der Waals surface area contributed by atoms with E-state index in [2.05, 4.69) is 19.4 Å². The van der Waals surface area contributed by atoms with Gasteiger partial charge in [-0.3, -0.25) is 9.78 Å². The van der Waals surface area contributed by atoms with Crippen molar-refractivity contribution in [1.82, 2.24) is 9.97 Å². The van der Waals surface area contributed by atoms with Crippen LogP contribution in [0.3, 0.4) is 0 Å². The van der Waals surface area contributed by atoms with Crippen molar-refractivity contribution in [1.29, 1.82) is 0 Å². The maximum Gasteiger partial charge on any atom is 0.345 e. The van der Waals surface area contributed by atoms with Gasteiger partial charge in [0, 0.05) is 0 Å². The van der Waals surface area contributed by atoms with E-state index < -0.39 is 11.5 Å². The summed E-state index contributed by atoms with van der Waals surface area (Å²) in [5.41, 5.74) is -0.706. The van der Waals surface area contributed by atoms with Crippen molar-refractivity contribution in [3.05, 3.63) is 22.1 Å². The molecule has 6 heteroatoms. The maximum absolute atomic E-state index is 11.2. The molecule has 0 atom stereocenters. The van der Waals surface area contributed by atoms with Crippen molar-refractivity contribution in [2.75, 3.05) is 13.7 Å². The lowest BCUT2D eigenvalue weighted by Crippen LogP contribution is -2.20. The zero-order valence-electron chi connectivity index (χ0n) is 7.86. The minimum absolute atomic E-state index is 0.0584. The molecule has 6 nitrogen and oxygen atoms in total. The van der Waals surface area contributed by atoms with Crippen LogP contribution < -0.4 is 10.3 Å². The molecule has 0 amide bonds. The number of carbonyl (C=O) groups excluding carboxylic acids is 1. The lowest BCUT2D eigenvalue weighted by molar-refractivity contribution is 0.0523. The molecule has 0 saturated heterocycles. The van der Waals surface area contributed by atoms with Crippen molar-refractivity contribution in [2.24, 2.45) is 0 Å². The first-order valence-electron chi connectivity index (χ1n) is 3.99. The van der Waals surface area contributed by atoms with E-state index in [9.17, 15) is 9.59 Å². The van der Waals surface area contributed by atoms with Crippen molar-refractivity contribution >= 4 is 5.97 Å². The van der Waals surface area contributed by atoms with Crippen molar-refractivity contribution in [3.63, 3.8) is 0 Å². The number of ether oxygens (including phenoxy) is 2. The van der Waals surface area contributed by atoms with Gasteiger partial charge in [0.25, 0.3) is 11.6 Å². The van der Waals surface area contributed by atoms with Crippen LogP contribution in [0.25, 0.3) is 0 Å². The van der Waals surface area contributed by atoms with E-state index in [0.717, 1.165) is 6.20 Å². The van der Waals surface area contributed by atoms with E-state index in [4.69, 9.17) is 0 Å². The van der Waals surface area contributed by atoms with E-state index in [1.807, 2.05) is 0 Å². The number of methoxy groups -OCH3 is 1. The average Bonchev–Trinajstić information content (AvgIpc) is 2.17. The van der Waals surface area contributed by atoms with Gasteiger partial charge in [0.15, 0.2) is 0 Å². The van der Waals surface area contributed by atoms with Gasteiger partial charge in [0.2, 0.25) is 0 Å². The van der Waals surface area contributed by atoms with E-state index in [0.29, 0.717) is 0 Å². The Morgan fingerprint density at radius 3 is 2.86 bits per heavy atom. The topological polar surface area (TPSA) is 81.3 Å². The van der Waals surface area contributed by atoms with Gasteiger partial charge < -0.3 is 9.47 Å². The van der Waals surface area contributed by atoms with Crippen LogP contribution in [-0.2, 0) is 4.74 Å². The zero-order valence-corrected chi connectivity index (χ0v) is 7.86. The second-order valence-corrected chi connectivity index (χ2v) is 2.36. The van der Waals surface area contributed by atoms with Crippen molar-refractivity contribution in [2.45, 2.75) is 6.92 Å². The summed E-state index contributed by atoms with van der Waals surface area (Å²) in [6, 6.07) is 0.0584. The van der Waals surface area contributed by atoms with Crippen molar-refractivity contribution in [3.8, 4) is 6.01 Å². The fourth-order valence-electron chi connectivity index (χ4n) is 0.837. The van der Waals surface area contributed by atoms with Gasteiger partial charge in [-0.15, -0.1) is 0 Å². The molecule has 0 aliphatic rings. The average molecular weight is 198 g/mol. The summed E-state index contributed by atoms with van der Waals surface area (Å²) in [5, 5.41) is 0. The van der Waals surface area contributed by atoms with Crippen LogP contribution in [-0.4, -0.2) is 29.7 Å². The highest BCUT2D eigenvalue weighted by Gasteiger charge is 2.12. The van der Waals surface area contributed by atoms with Crippen molar-refractivity contribution < 1.29 is 14.3 Å². The Labute approximate surface area is 79.9 Å². The number of rotatable bonds is 3. The van der Waals surface area contributed by atoms with Gasteiger partial charge in [-0.05, 0) is 6.92 Å². The highest BCUT2D eigenvalue weighted by Crippen LogP contribution is 1.98. The van der Waals surface area contributed by atoms with E-state index >= 15 is 0 Å². The Bertz CT molecular complexity index is 385. The summed E-state index contributed by atoms with van der Waals surface area (Å²) in [5.74, 6) is -0.691. The number of nitrogens with one attached hydrogen (secondary N) is 1. The minimum atomic E-state index is -0.691. The molecule has 76 valence electrons. The summed E-state index contributed by atoms with van der Waals surface area (Å²) in [6.07, 6.45) is 1.12. The summed E-state index contributed by atoms with van der Waals surface area (Å²) in [7, 11) is 1.36. The largest absolute Gasteiger partial charge is 0.468 e. The van der Waals surface area contributed by atoms with Crippen LogP contribution in [0.15, 0.2) is 11.0 Å². The number of esters is 1. The predicted molar refractivity (Wildman–Crippen MR) is 47.4 cm³/mol. The molecule has 0 aromatic carbocycles. The second-order valence-electron chi connectivity index (χ2n) is 2.36. The number of carbonyl (C=O) groups is 1. The number of aromatic nitrogens is 2. The van der Waals surface area contributed by atoms with Crippen LogP contribution >= 0.6 is 0 Å². The van der Waals surface area contributed by atoms with E-state index in [1.165, 1.54) is 7.11 Å². The zero-order chi connectivity index (χ0) is 10.6. The molecule has 1 heterocycles. The standard InChI is InChI=1S/C8H10N2O4/c1-3-14-7(12)5-4-9-8(13-2)10-6(5)11/h4H,3H2,1-2H3,(H,9,10,11). The molecule has 14 heavy (non-hydrogen) atoms. The molecule has 1 aromatic heterocycles. The van der Waals surface area contributed by atoms with Gasteiger partial charge in [-0.2, -0.15) is 0 Å². The first kappa shape index (κ1) is 10.2. The number of nitrogens with zero attached hydrogens (tertiary/aromatic N) is 1. The predicted octanol–water partition coefficient (Wildman–Crippen LogP) is -0.0448. The van der Waals surface area contributed by atoms with Crippen LogP contribution in [0.4, 0.5) is 0 Å². The fraction of sp³-hybridized carbons (Fsp3) is 0.375. The first-order valence-corrected chi connectivity index (χ1v) is 3.99. The lowest BCUT2D eigenvalue weighted by Gasteiger charge is -2.01. The monoisotopic (exact) mass is 198 g/mol. The third-order valence-corrected chi connectivity index (χ3v) is 1.46. The third-order valence-electron chi connectivity index (χ3n) is 1.46. The van der Waals surface area contributed by atoms with Gasteiger partial charge >= 0.3 is 5.97 Å². The molecular weight excluding hydrogens is 188 g/mol. The summed E-state index contributed by atoms with van der Waals surface area (Å²) < 4.78 is 9.31. The fourth-order valence-corrected chi connectivity index (χ4v) is 0.837. The molecule has 1 N–H and O–H groups in total. The Kier molecular flexibility index (Phi) is 3.22. The highest BCUT2D eigenvalue weighted by atomic mass is 16.5. The number of hydrogen-bond acceptors (Lipinski definition) is 5. The molecule has 1 aromatic rings. The second kappa shape index (κ2) is 4.40. The Morgan fingerprint density at radius 2 is 2.36 bits per heavy atom. The summed E-state index contributed by atoms with van der Waals surface area (Å²) >= 11 is 0. The quantitative estimate of drug-likeness (QED) is 0.689. The molecular formula is C8H10N2O4. The van der Waals surface area contributed by atoms with Crippen LogP contribution in [0.1, 0.15) is 17.3 Å². The van der Waals surface area contributed by atoms with Gasteiger partial charge in [-0.1, -0.05) is 0 Å². The molecule has 0 bridgehead atoms. The molecule has 1 rings (SSSR count). The molecule has 0 radical (unpaired) electrons. The Balaban J connectivity index is 3.00. The SMILES string of the molecule is CCOC(=O)c1cnc(OC)[nH]c1=O. The molecule has 0 spiro atoms. The Hall–Kier alpha value is -1.85. The van der Waals surface area contributed by atoms with E-state index in [1.54, 1.807) is 6.92 Å². The molecule has 0 fully saturated rings. The first-order chi connectivity index (χ1) is 6.69. The Morgan fingerprint density at radius 1 is 1.64 bits per heavy atom. The number of H-pyrrole nitrogens is 1. The third kappa shape index (κ3) is 2.09. The number of hydrogen-bond donors (Lipinski definition) is 1. The van der Waals surface area contributed by atoms with E-state index in [-0.39, 0.29) is 18.2 Å². The molecule has 0 aliphatic carbocycles. The lowest BCUT2D eigenvalue weighted by atomic mass is 10.3. The van der Waals surface area contributed by atoms with Gasteiger partial charge in [-0.25, -0.2) is 9.78 Å². The van der Waals surface area contributed by atoms with Crippen LogP contribution in [0, 0.1) is 0 Å².